The predicted octanol–water partition coefficient (Wildman–Crippen LogP) is 0.912. The highest BCUT2D eigenvalue weighted by Gasteiger charge is 2.26. The van der Waals surface area contributed by atoms with E-state index in [0.717, 1.165) is 6.42 Å². The van der Waals surface area contributed by atoms with Gasteiger partial charge in [-0.15, -0.1) is 0 Å². The van der Waals surface area contributed by atoms with E-state index in [9.17, 15) is 4.79 Å². The summed E-state index contributed by atoms with van der Waals surface area (Å²) in [7, 11) is 0. The van der Waals surface area contributed by atoms with Crippen molar-refractivity contribution in [3.63, 3.8) is 0 Å². The molecule has 3 N–H and O–H groups in total. The SMILES string of the molecule is CCC.Nc1ccn(C2CCC(CO)O2)c(=O)n1. The van der Waals surface area contributed by atoms with Gasteiger partial charge in [-0.05, 0) is 18.9 Å². The first-order chi connectivity index (χ1) is 8.62. The largest absolute Gasteiger partial charge is 0.394 e. The summed E-state index contributed by atoms with van der Waals surface area (Å²) in [5.41, 5.74) is 4.96. The zero-order valence-electron chi connectivity index (χ0n) is 10.9. The van der Waals surface area contributed by atoms with E-state index in [0.29, 0.717) is 6.42 Å². The second kappa shape index (κ2) is 7.13. The average Bonchev–Trinajstić information content (AvgIpc) is 2.78. The van der Waals surface area contributed by atoms with Gasteiger partial charge in [0.1, 0.15) is 12.0 Å². The molecule has 1 aromatic rings. The molecule has 0 aliphatic carbocycles. The molecule has 1 saturated heterocycles. The van der Waals surface area contributed by atoms with Crippen molar-refractivity contribution < 1.29 is 9.84 Å². The Hall–Kier alpha value is -1.40. The first kappa shape index (κ1) is 14.7. The number of hydrogen-bond donors (Lipinski definition) is 2. The van der Waals surface area contributed by atoms with Gasteiger partial charge in [-0.3, -0.25) is 4.57 Å². The first-order valence-corrected chi connectivity index (χ1v) is 6.23. The number of ether oxygens (including phenoxy) is 1. The van der Waals surface area contributed by atoms with E-state index in [1.807, 2.05) is 0 Å². The molecule has 18 heavy (non-hydrogen) atoms. The van der Waals surface area contributed by atoms with Crippen LogP contribution in [-0.4, -0.2) is 27.4 Å². The van der Waals surface area contributed by atoms with Crippen LogP contribution in [-0.2, 0) is 4.74 Å². The fourth-order valence-corrected chi connectivity index (χ4v) is 1.67. The van der Waals surface area contributed by atoms with Crippen molar-refractivity contribution in [3.8, 4) is 0 Å². The van der Waals surface area contributed by atoms with Gasteiger partial charge in [0, 0.05) is 6.20 Å². The van der Waals surface area contributed by atoms with Crippen LogP contribution < -0.4 is 11.4 Å². The lowest BCUT2D eigenvalue weighted by Crippen LogP contribution is -2.27. The molecule has 1 aliphatic heterocycles. The second-order valence-electron chi connectivity index (χ2n) is 4.22. The summed E-state index contributed by atoms with van der Waals surface area (Å²) in [5.74, 6) is 0.202. The van der Waals surface area contributed by atoms with Crippen LogP contribution in [0.2, 0.25) is 0 Å². The van der Waals surface area contributed by atoms with Gasteiger partial charge in [-0.2, -0.15) is 4.98 Å². The Morgan fingerprint density at radius 2 is 2.22 bits per heavy atom. The molecule has 2 unspecified atom stereocenters. The minimum Gasteiger partial charge on any atom is -0.394 e. The van der Waals surface area contributed by atoms with Crippen molar-refractivity contribution >= 4 is 5.82 Å². The fourth-order valence-electron chi connectivity index (χ4n) is 1.67. The Bertz CT molecular complexity index is 419. The molecule has 0 radical (unpaired) electrons. The van der Waals surface area contributed by atoms with Crippen LogP contribution in [0.3, 0.4) is 0 Å². The maximum atomic E-state index is 11.5. The lowest BCUT2D eigenvalue weighted by atomic mass is 10.2. The minimum atomic E-state index is -0.418. The fraction of sp³-hybridized carbons (Fsp3) is 0.667. The zero-order chi connectivity index (χ0) is 13.5. The van der Waals surface area contributed by atoms with E-state index >= 15 is 0 Å². The molecule has 0 amide bonds. The van der Waals surface area contributed by atoms with E-state index < -0.39 is 5.69 Å². The van der Waals surface area contributed by atoms with Crippen LogP contribution in [0.15, 0.2) is 17.1 Å². The molecule has 0 aromatic carbocycles. The highest BCUT2D eigenvalue weighted by Crippen LogP contribution is 2.26. The standard InChI is InChI=1S/C9H13N3O3.C3H8/c10-7-3-4-12(9(14)11-7)8-2-1-6(5-13)15-8;1-3-2/h3-4,6,8,13H,1-2,5H2,(H2,10,11,14);3H2,1-2H3. The van der Waals surface area contributed by atoms with Gasteiger partial charge in [-0.25, -0.2) is 4.79 Å². The highest BCUT2D eigenvalue weighted by atomic mass is 16.5. The molecule has 1 aromatic heterocycles. The Morgan fingerprint density at radius 3 is 2.72 bits per heavy atom. The van der Waals surface area contributed by atoms with Crippen molar-refractivity contribution in [1.82, 2.24) is 9.55 Å². The molecule has 6 nitrogen and oxygen atoms in total. The summed E-state index contributed by atoms with van der Waals surface area (Å²) in [6, 6.07) is 1.55. The predicted molar refractivity (Wildman–Crippen MR) is 69.1 cm³/mol. The molecule has 6 heteroatoms. The van der Waals surface area contributed by atoms with E-state index in [2.05, 4.69) is 18.8 Å². The number of aliphatic hydroxyl groups is 1. The quantitative estimate of drug-likeness (QED) is 0.819. The molecular formula is C12H21N3O3. The molecule has 2 atom stereocenters. The van der Waals surface area contributed by atoms with Gasteiger partial charge in [0.2, 0.25) is 0 Å². The summed E-state index contributed by atoms with van der Waals surface area (Å²) in [4.78, 5) is 15.1. The van der Waals surface area contributed by atoms with Gasteiger partial charge >= 0.3 is 5.69 Å². The van der Waals surface area contributed by atoms with Crippen LogP contribution in [0, 0.1) is 0 Å². The third-order valence-corrected chi connectivity index (χ3v) is 2.45. The molecule has 2 heterocycles. The van der Waals surface area contributed by atoms with Gasteiger partial charge < -0.3 is 15.6 Å². The van der Waals surface area contributed by atoms with Crippen LogP contribution >= 0.6 is 0 Å². The minimum absolute atomic E-state index is 0.0202. The number of rotatable bonds is 2. The molecule has 1 aliphatic rings. The van der Waals surface area contributed by atoms with E-state index in [-0.39, 0.29) is 24.8 Å². The third-order valence-electron chi connectivity index (χ3n) is 2.45. The Labute approximate surface area is 106 Å². The molecular weight excluding hydrogens is 234 g/mol. The summed E-state index contributed by atoms with van der Waals surface area (Å²) in [6.07, 6.45) is 3.76. The van der Waals surface area contributed by atoms with Gasteiger partial charge in [0.15, 0.2) is 0 Å². The molecule has 1 fully saturated rings. The monoisotopic (exact) mass is 255 g/mol. The van der Waals surface area contributed by atoms with Crippen LogP contribution in [0.1, 0.15) is 39.3 Å². The smallest absolute Gasteiger partial charge is 0.351 e. The van der Waals surface area contributed by atoms with Gasteiger partial charge in [0.05, 0.1) is 12.7 Å². The number of aromatic nitrogens is 2. The summed E-state index contributed by atoms with van der Waals surface area (Å²) < 4.78 is 6.84. The van der Waals surface area contributed by atoms with Crippen LogP contribution in [0.4, 0.5) is 5.82 Å². The third kappa shape index (κ3) is 3.82. The van der Waals surface area contributed by atoms with Gasteiger partial charge in [-0.1, -0.05) is 20.3 Å². The Morgan fingerprint density at radius 1 is 1.56 bits per heavy atom. The van der Waals surface area contributed by atoms with Crippen molar-refractivity contribution in [2.45, 2.75) is 45.4 Å². The number of aliphatic hydroxyl groups excluding tert-OH is 1. The number of hydrogen-bond acceptors (Lipinski definition) is 5. The van der Waals surface area contributed by atoms with Crippen molar-refractivity contribution in [1.29, 1.82) is 0 Å². The number of nitrogens with two attached hydrogens (primary N) is 1. The Kier molecular flexibility index (Phi) is 5.80. The number of anilines is 1. The summed E-state index contributed by atoms with van der Waals surface area (Å²) in [6.45, 7) is 4.23. The highest BCUT2D eigenvalue weighted by molar-refractivity contribution is 5.23. The Balaban J connectivity index is 0.000000492. The second-order valence-corrected chi connectivity index (χ2v) is 4.22. The molecule has 102 valence electrons. The van der Waals surface area contributed by atoms with E-state index in [4.69, 9.17) is 15.6 Å². The first-order valence-electron chi connectivity index (χ1n) is 6.23. The molecule has 0 spiro atoms. The molecule has 0 bridgehead atoms. The average molecular weight is 255 g/mol. The maximum Gasteiger partial charge on any atom is 0.351 e. The summed E-state index contributed by atoms with van der Waals surface area (Å²) >= 11 is 0. The lowest BCUT2D eigenvalue weighted by Gasteiger charge is -2.14. The van der Waals surface area contributed by atoms with Crippen molar-refractivity contribution in [2.75, 3.05) is 12.3 Å². The van der Waals surface area contributed by atoms with E-state index in [1.165, 1.54) is 11.0 Å². The topological polar surface area (TPSA) is 90.4 Å². The maximum absolute atomic E-state index is 11.5. The number of nitrogens with zero attached hydrogens (tertiary/aromatic N) is 2. The van der Waals surface area contributed by atoms with Gasteiger partial charge in [0.25, 0.3) is 0 Å². The van der Waals surface area contributed by atoms with Crippen LogP contribution in [0.25, 0.3) is 0 Å². The normalized spacial score (nSPS) is 22.4. The zero-order valence-corrected chi connectivity index (χ0v) is 10.9. The molecule has 0 saturated carbocycles. The van der Waals surface area contributed by atoms with Crippen molar-refractivity contribution in [2.24, 2.45) is 0 Å². The van der Waals surface area contributed by atoms with E-state index in [1.54, 1.807) is 12.3 Å². The molecule has 2 rings (SSSR count). The summed E-state index contributed by atoms with van der Waals surface area (Å²) in [5, 5.41) is 8.90. The lowest BCUT2D eigenvalue weighted by molar-refractivity contribution is -0.0245. The van der Waals surface area contributed by atoms with Crippen LogP contribution in [0.5, 0.6) is 0 Å². The number of nitrogen functional groups attached to an aromatic ring is 1. The van der Waals surface area contributed by atoms with Crippen molar-refractivity contribution in [3.05, 3.63) is 22.7 Å².